The molecule has 0 bridgehead atoms. The molecule has 0 N–H and O–H groups in total. The molecule has 8 heteroatoms. The van der Waals surface area contributed by atoms with Crippen LogP contribution in [0.25, 0.3) is 0 Å². The minimum absolute atomic E-state index is 0.00674. The molecule has 0 aliphatic rings. The highest BCUT2D eigenvalue weighted by molar-refractivity contribution is 6.74. The summed E-state index contributed by atoms with van der Waals surface area (Å²) in [6.07, 6.45) is 3.50. The summed E-state index contributed by atoms with van der Waals surface area (Å²) in [7, 11) is -2.09. The fourth-order valence-corrected chi connectivity index (χ4v) is 3.95. The molecule has 1 aromatic carbocycles. The van der Waals surface area contributed by atoms with Gasteiger partial charge in [-0.3, -0.25) is 14.9 Å². The zero-order valence-electron chi connectivity index (χ0n) is 20.2. The van der Waals surface area contributed by atoms with E-state index in [-0.39, 0.29) is 22.9 Å². The largest absolute Gasteiger partial charge is 0.458 e. The lowest BCUT2D eigenvalue weighted by atomic mass is 9.92. The van der Waals surface area contributed by atoms with Crippen molar-refractivity contribution < 1.29 is 23.7 Å². The molecule has 2 atom stereocenters. The molecule has 0 saturated heterocycles. The quantitative estimate of drug-likeness (QED) is 0.0667. The van der Waals surface area contributed by atoms with Crippen LogP contribution in [-0.2, 0) is 14.0 Å². The van der Waals surface area contributed by atoms with E-state index in [2.05, 4.69) is 47.4 Å². The second-order valence-corrected chi connectivity index (χ2v) is 14.4. The van der Waals surface area contributed by atoms with Crippen molar-refractivity contribution in [1.29, 1.82) is 0 Å². The second-order valence-electron chi connectivity index (χ2n) is 9.61. The summed E-state index contributed by atoms with van der Waals surface area (Å²) in [6.45, 7) is 16.9. The van der Waals surface area contributed by atoms with Crippen molar-refractivity contribution in [3.05, 3.63) is 52.1 Å². The third kappa shape index (κ3) is 7.98. The van der Waals surface area contributed by atoms with Crippen molar-refractivity contribution >= 4 is 26.3 Å². The molecule has 0 amide bonds. The fourth-order valence-electron chi connectivity index (χ4n) is 2.92. The van der Waals surface area contributed by atoms with Gasteiger partial charge >= 0.3 is 5.97 Å². The Bertz CT molecular complexity index is 798. The summed E-state index contributed by atoms with van der Waals surface area (Å²) in [6, 6.07) is 5.29. The number of nitro benzene ring substituents is 1. The van der Waals surface area contributed by atoms with Crippen molar-refractivity contribution in [3.8, 4) is 0 Å². The van der Waals surface area contributed by atoms with Crippen molar-refractivity contribution in [1.82, 2.24) is 0 Å². The number of hydrogen-bond donors (Lipinski definition) is 0. The van der Waals surface area contributed by atoms with Gasteiger partial charge in [0.05, 0.1) is 10.5 Å². The number of carbonyl (C=O) groups excluding carboxylic acids is 2. The normalized spacial score (nSPS) is 13.8. The van der Waals surface area contributed by atoms with E-state index in [1.54, 1.807) is 0 Å². The maximum absolute atomic E-state index is 12.8. The van der Waals surface area contributed by atoms with E-state index in [1.807, 2.05) is 0 Å². The van der Waals surface area contributed by atoms with Gasteiger partial charge in [-0.2, -0.15) is 0 Å². The molecule has 1 rings (SSSR count). The van der Waals surface area contributed by atoms with E-state index in [4.69, 9.17) is 9.16 Å². The Balaban J connectivity index is 3.11. The summed E-state index contributed by atoms with van der Waals surface area (Å²) in [5.74, 6) is -1.04. The van der Waals surface area contributed by atoms with Gasteiger partial charge in [0, 0.05) is 24.7 Å². The number of esters is 1. The van der Waals surface area contributed by atoms with Crippen LogP contribution in [0, 0.1) is 16.0 Å². The Morgan fingerprint density at radius 2 is 1.81 bits per heavy atom. The SMILES string of the molecule is C=C(C=O)[C@@H](CO[Si](C)(C)C(C)(C)C)[C@H](CCCCC)OC(=O)c1ccc([N+](=O)[O-])cc1. The monoisotopic (exact) mass is 463 g/mol. The number of aldehydes is 1. The van der Waals surface area contributed by atoms with Gasteiger partial charge in [-0.15, -0.1) is 0 Å². The minimum atomic E-state index is -2.09. The Morgan fingerprint density at radius 1 is 1.22 bits per heavy atom. The van der Waals surface area contributed by atoms with E-state index < -0.39 is 31.2 Å². The maximum Gasteiger partial charge on any atom is 0.338 e. The van der Waals surface area contributed by atoms with Crippen LogP contribution >= 0.6 is 0 Å². The molecule has 7 nitrogen and oxygen atoms in total. The number of unbranched alkanes of at least 4 members (excludes halogenated alkanes) is 2. The van der Waals surface area contributed by atoms with Crippen LogP contribution in [-0.4, -0.2) is 38.2 Å². The first-order valence-corrected chi connectivity index (χ1v) is 14.0. The van der Waals surface area contributed by atoms with Crippen LogP contribution in [0.4, 0.5) is 5.69 Å². The smallest absolute Gasteiger partial charge is 0.338 e. The molecule has 0 unspecified atom stereocenters. The van der Waals surface area contributed by atoms with Crippen LogP contribution < -0.4 is 0 Å². The molecule has 0 heterocycles. The molecular weight excluding hydrogens is 426 g/mol. The summed E-state index contributed by atoms with van der Waals surface area (Å²) in [5.41, 5.74) is 0.453. The van der Waals surface area contributed by atoms with Gasteiger partial charge in [-0.25, -0.2) is 4.79 Å². The summed E-state index contributed by atoms with van der Waals surface area (Å²) in [5, 5.41) is 10.9. The lowest BCUT2D eigenvalue weighted by Gasteiger charge is -2.38. The Morgan fingerprint density at radius 3 is 2.28 bits per heavy atom. The van der Waals surface area contributed by atoms with E-state index >= 15 is 0 Å². The molecule has 0 spiro atoms. The molecule has 178 valence electrons. The molecule has 0 fully saturated rings. The molecule has 0 aromatic heterocycles. The van der Waals surface area contributed by atoms with Crippen LogP contribution in [0.3, 0.4) is 0 Å². The average Bonchev–Trinajstić information content (AvgIpc) is 2.72. The fraction of sp³-hybridized carbons (Fsp3) is 0.583. The standard InChI is InChI=1S/C24H37NO6Si/c1-8-9-10-11-22(31-23(27)19-12-14-20(15-13-19)25(28)29)21(18(2)16-26)17-30-32(6,7)24(3,4)5/h12-16,21-22H,2,8-11,17H2,1,3-7H3/t21-,22+/m1/s1. The zero-order chi connectivity index (χ0) is 24.5. The number of nitrogens with zero attached hydrogens (tertiary/aromatic N) is 1. The summed E-state index contributed by atoms with van der Waals surface area (Å²) in [4.78, 5) is 34.8. The van der Waals surface area contributed by atoms with Crippen LogP contribution in [0.1, 0.15) is 63.7 Å². The van der Waals surface area contributed by atoms with Gasteiger partial charge in [0.25, 0.3) is 5.69 Å². The highest BCUT2D eigenvalue weighted by atomic mass is 28.4. The predicted molar refractivity (Wildman–Crippen MR) is 128 cm³/mol. The van der Waals surface area contributed by atoms with Crippen molar-refractivity contribution in [2.75, 3.05) is 6.61 Å². The Hall–Kier alpha value is -2.32. The molecular formula is C24H37NO6Si. The Kier molecular flexibility index (Phi) is 10.4. The van der Waals surface area contributed by atoms with Gasteiger partial charge in [0.1, 0.15) is 12.4 Å². The molecule has 0 radical (unpaired) electrons. The number of hydrogen-bond acceptors (Lipinski definition) is 6. The number of rotatable bonds is 13. The number of nitro groups is 1. The van der Waals surface area contributed by atoms with E-state index in [0.29, 0.717) is 18.3 Å². The predicted octanol–water partition coefficient (Wildman–Crippen LogP) is 6.09. The minimum Gasteiger partial charge on any atom is -0.458 e. The molecule has 1 aromatic rings. The molecule has 0 aliphatic carbocycles. The molecule has 0 aliphatic heterocycles. The number of non-ortho nitro benzene ring substituents is 1. The first-order valence-electron chi connectivity index (χ1n) is 11.1. The molecule has 32 heavy (non-hydrogen) atoms. The summed E-state index contributed by atoms with van der Waals surface area (Å²) < 4.78 is 12.2. The van der Waals surface area contributed by atoms with Crippen LogP contribution in [0.15, 0.2) is 36.4 Å². The first kappa shape index (κ1) is 27.7. The van der Waals surface area contributed by atoms with Gasteiger partial charge < -0.3 is 9.16 Å². The second kappa shape index (κ2) is 12.1. The first-order chi connectivity index (χ1) is 14.8. The highest BCUT2D eigenvalue weighted by Crippen LogP contribution is 2.37. The van der Waals surface area contributed by atoms with Gasteiger partial charge in [0.2, 0.25) is 0 Å². The Labute approximate surface area is 192 Å². The lowest BCUT2D eigenvalue weighted by molar-refractivity contribution is -0.384. The van der Waals surface area contributed by atoms with Crippen LogP contribution in [0.2, 0.25) is 18.1 Å². The van der Waals surface area contributed by atoms with Gasteiger partial charge in [-0.05, 0) is 48.7 Å². The van der Waals surface area contributed by atoms with Gasteiger partial charge in [-0.1, -0.05) is 47.1 Å². The number of benzene rings is 1. The number of ether oxygens (including phenoxy) is 1. The number of carbonyl (C=O) groups is 2. The van der Waals surface area contributed by atoms with Crippen molar-refractivity contribution in [2.24, 2.45) is 5.92 Å². The third-order valence-corrected chi connectivity index (χ3v) is 10.7. The zero-order valence-corrected chi connectivity index (χ0v) is 21.2. The van der Waals surface area contributed by atoms with E-state index in [0.717, 1.165) is 19.3 Å². The van der Waals surface area contributed by atoms with E-state index in [1.165, 1.54) is 24.3 Å². The van der Waals surface area contributed by atoms with E-state index in [9.17, 15) is 19.7 Å². The van der Waals surface area contributed by atoms with Crippen LogP contribution in [0.5, 0.6) is 0 Å². The molecule has 0 saturated carbocycles. The lowest BCUT2D eigenvalue weighted by Crippen LogP contribution is -2.44. The third-order valence-electron chi connectivity index (χ3n) is 6.17. The van der Waals surface area contributed by atoms with Crippen molar-refractivity contribution in [2.45, 2.75) is 77.6 Å². The topological polar surface area (TPSA) is 95.7 Å². The van der Waals surface area contributed by atoms with Gasteiger partial charge in [0.15, 0.2) is 8.32 Å². The average molecular weight is 464 g/mol. The highest BCUT2D eigenvalue weighted by Gasteiger charge is 2.39. The van der Waals surface area contributed by atoms with Crippen molar-refractivity contribution in [3.63, 3.8) is 0 Å². The summed E-state index contributed by atoms with van der Waals surface area (Å²) >= 11 is 0. The maximum atomic E-state index is 12.8.